The summed E-state index contributed by atoms with van der Waals surface area (Å²) in [6.45, 7) is 5.24. The number of hydrogen-bond acceptors (Lipinski definition) is 4. The first-order valence-corrected chi connectivity index (χ1v) is 10.8. The lowest BCUT2D eigenvalue weighted by Gasteiger charge is -2.18. The van der Waals surface area contributed by atoms with Crippen molar-refractivity contribution in [3.05, 3.63) is 98.2 Å². The number of rotatable bonds is 5. The Balaban J connectivity index is 1.41. The molecular formula is C24H24N6O3. The molecule has 1 aliphatic rings. The van der Waals surface area contributed by atoms with Gasteiger partial charge >= 0.3 is 5.69 Å². The Bertz CT molecular complexity index is 1460. The van der Waals surface area contributed by atoms with Gasteiger partial charge in [-0.2, -0.15) is 5.10 Å². The maximum atomic E-state index is 12.9. The molecule has 33 heavy (non-hydrogen) atoms. The third-order valence-corrected chi connectivity index (χ3v) is 6.13. The molecule has 5 rings (SSSR count). The van der Waals surface area contributed by atoms with Gasteiger partial charge in [0.2, 0.25) is 5.91 Å². The number of carbonyl (C=O) groups excluding carboxylic acids is 1. The van der Waals surface area contributed by atoms with Crippen molar-refractivity contribution in [2.24, 2.45) is 0 Å². The highest BCUT2D eigenvalue weighted by molar-refractivity contribution is 5.77. The largest absolute Gasteiger partial charge is 0.332 e. The first-order valence-electron chi connectivity index (χ1n) is 10.8. The van der Waals surface area contributed by atoms with Gasteiger partial charge in [0, 0.05) is 43.2 Å². The summed E-state index contributed by atoms with van der Waals surface area (Å²) in [7, 11) is 0. The predicted octanol–water partition coefficient (Wildman–Crippen LogP) is 2.06. The molecule has 1 amide bonds. The van der Waals surface area contributed by atoms with Crippen LogP contribution in [0, 0.1) is 13.8 Å². The first kappa shape index (κ1) is 20.7. The molecule has 0 saturated heterocycles. The third-order valence-electron chi connectivity index (χ3n) is 6.13. The van der Waals surface area contributed by atoms with E-state index in [1.54, 1.807) is 4.90 Å². The molecule has 9 nitrogen and oxygen atoms in total. The lowest BCUT2D eigenvalue weighted by molar-refractivity contribution is -0.132. The highest BCUT2D eigenvalue weighted by atomic mass is 16.2. The van der Waals surface area contributed by atoms with Crippen LogP contribution in [0.3, 0.4) is 0 Å². The van der Waals surface area contributed by atoms with Crippen LogP contribution in [-0.4, -0.2) is 34.7 Å². The van der Waals surface area contributed by atoms with E-state index in [2.05, 4.69) is 37.0 Å². The van der Waals surface area contributed by atoms with Gasteiger partial charge < -0.3 is 14.0 Å². The van der Waals surface area contributed by atoms with Gasteiger partial charge in [-0.15, -0.1) is 0 Å². The number of nitrogens with zero attached hydrogens (tertiary/aromatic N) is 5. The highest BCUT2D eigenvalue weighted by Gasteiger charge is 2.31. The van der Waals surface area contributed by atoms with Crippen LogP contribution < -0.4 is 11.2 Å². The van der Waals surface area contributed by atoms with Crippen LogP contribution in [0.4, 0.5) is 0 Å². The molecule has 0 bridgehead atoms. The molecule has 9 heteroatoms. The predicted molar refractivity (Wildman–Crippen MR) is 123 cm³/mol. The van der Waals surface area contributed by atoms with Crippen molar-refractivity contribution in [1.82, 2.24) is 28.8 Å². The second-order valence-corrected chi connectivity index (χ2v) is 8.32. The zero-order valence-corrected chi connectivity index (χ0v) is 18.5. The fraction of sp³-hybridized carbons (Fsp3) is 0.250. The lowest BCUT2D eigenvalue weighted by Crippen LogP contribution is -2.32. The molecule has 0 unspecified atom stereocenters. The van der Waals surface area contributed by atoms with Gasteiger partial charge in [0.1, 0.15) is 5.82 Å². The van der Waals surface area contributed by atoms with E-state index in [4.69, 9.17) is 5.10 Å². The van der Waals surface area contributed by atoms with Crippen LogP contribution in [0.15, 0.2) is 64.6 Å². The molecule has 1 N–H and O–H groups in total. The fourth-order valence-electron chi connectivity index (χ4n) is 4.15. The van der Waals surface area contributed by atoms with Crippen LogP contribution >= 0.6 is 0 Å². The van der Waals surface area contributed by atoms with E-state index < -0.39 is 11.2 Å². The Morgan fingerprint density at radius 3 is 2.55 bits per heavy atom. The van der Waals surface area contributed by atoms with Crippen molar-refractivity contribution in [2.45, 2.75) is 39.9 Å². The Labute approximate surface area is 189 Å². The molecule has 0 radical (unpaired) electrons. The summed E-state index contributed by atoms with van der Waals surface area (Å²) in [6.07, 6.45) is 5.52. The minimum atomic E-state index is -0.514. The minimum absolute atomic E-state index is 0.0673. The number of aromatic amines is 1. The Hall–Kier alpha value is -4.14. The number of aryl methyl sites for hydroxylation is 3. The molecule has 0 spiro atoms. The van der Waals surface area contributed by atoms with Gasteiger partial charge in [-0.05, 0) is 49.2 Å². The summed E-state index contributed by atoms with van der Waals surface area (Å²) in [6, 6.07) is 11.5. The molecule has 0 saturated carbocycles. The van der Waals surface area contributed by atoms with Crippen LogP contribution in [-0.2, 0) is 24.4 Å². The van der Waals surface area contributed by atoms with E-state index in [1.165, 1.54) is 28.0 Å². The lowest BCUT2D eigenvalue weighted by atomic mass is 10.1. The van der Waals surface area contributed by atoms with Crippen LogP contribution in [0.2, 0.25) is 0 Å². The second kappa shape index (κ2) is 8.09. The molecular weight excluding hydrogens is 420 g/mol. The topological polar surface area (TPSA) is 97.9 Å². The molecule has 168 valence electrons. The van der Waals surface area contributed by atoms with E-state index in [0.29, 0.717) is 13.1 Å². The van der Waals surface area contributed by atoms with Crippen LogP contribution in [0.25, 0.3) is 11.5 Å². The fourth-order valence-corrected chi connectivity index (χ4v) is 4.15. The standard InChI is InChI=1S/C24H24N6O3/c1-16-5-6-18(13-17(16)2)30-23(27-9-3-4-10-27)19-14-29(15-20(19)26-30)22(32)8-12-28-11-7-21(31)25-24(28)33/h3-7,9-11,13H,8,12,14-15H2,1-2H3,(H,25,31,33). The SMILES string of the molecule is Cc1ccc(-n2nc3c(c2-n2cccc2)CN(C(=O)CCn2ccc(=O)[nH]c2=O)C3)cc1C. The molecule has 4 heterocycles. The molecule has 1 aromatic carbocycles. The molecule has 0 fully saturated rings. The number of fused-ring (bicyclic) bond motifs is 1. The zero-order chi connectivity index (χ0) is 23.1. The van der Waals surface area contributed by atoms with E-state index in [0.717, 1.165) is 22.8 Å². The van der Waals surface area contributed by atoms with E-state index in [-0.39, 0.29) is 18.9 Å². The van der Waals surface area contributed by atoms with Gasteiger partial charge in [-0.1, -0.05) is 6.07 Å². The molecule has 4 aromatic rings. The summed E-state index contributed by atoms with van der Waals surface area (Å²) in [5.41, 5.74) is 4.30. The van der Waals surface area contributed by atoms with Gasteiger partial charge in [0.25, 0.3) is 5.56 Å². The monoisotopic (exact) mass is 444 g/mol. The van der Waals surface area contributed by atoms with Gasteiger partial charge in [0.05, 0.1) is 24.5 Å². The number of carbonyl (C=O) groups is 1. The number of amides is 1. The number of H-pyrrole nitrogens is 1. The average Bonchev–Trinajstić information content (AvgIpc) is 3.51. The quantitative estimate of drug-likeness (QED) is 0.510. The summed E-state index contributed by atoms with van der Waals surface area (Å²) >= 11 is 0. The Morgan fingerprint density at radius 1 is 1.03 bits per heavy atom. The van der Waals surface area contributed by atoms with Crippen molar-refractivity contribution in [3.63, 3.8) is 0 Å². The summed E-state index contributed by atoms with van der Waals surface area (Å²) < 4.78 is 5.30. The Morgan fingerprint density at radius 2 is 1.82 bits per heavy atom. The van der Waals surface area contributed by atoms with Gasteiger partial charge in [-0.25, -0.2) is 9.48 Å². The van der Waals surface area contributed by atoms with Crippen molar-refractivity contribution in [1.29, 1.82) is 0 Å². The average molecular weight is 444 g/mol. The highest BCUT2D eigenvalue weighted by Crippen LogP contribution is 2.31. The van der Waals surface area contributed by atoms with Crippen molar-refractivity contribution in [3.8, 4) is 11.5 Å². The molecule has 0 atom stereocenters. The van der Waals surface area contributed by atoms with E-state index in [9.17, 15) is 14.4 Å². The molecule has 0 aliphatic carbocycles. The Kier molecular flexibility index (Phi) is 5.08. The number of hydrogen-bond donors (Lipinski definition) is 1. The van der Waals surface area contributed by atoms with E-state index in [1.807, 2.05) is 33.8 Å². The molecule has 1 aliphatic heterocycles. The zero-order valence-electron chi connectivity index (χ0n) is 18.5. The van der Waals surface area contributed by atoms with E-state index >= 15 is 0 Å². The maximum Gasteiger partial charge on any atom is 0.328 e. The minimum Gasteiger partial charge on any atom is -0.332 e. The van der Waals surface area contributed by atoms with Crippen molar-refractivity contribution >= 4 is 5.91 Å². The number of benzene rings is 1. The van der Waals surface area contributed by atoms with Crippen molar-refractivity contribution in [2.75, 3.05) is 0 Å². The third kappa shape index (κ3) is 3.82. The van der Waals surface area contributed by atoms with Crippen LogP contribution in [0.1, 0.15) is 28.8 Å². The summed E-state index contributed by atoms with van der Waals surface area (Å²) in [5, 5.41) is 4.87. The maximum absolute atomic E-state index is 12.9. The van der Waals surface area contributed by atoms with Crippen molar-refractivity contribution < 1.29 is 4.79 Å². The molecule has 3 aromatic heterocycles. The first-order chi connectivity index (χ1) is 15.9. The normalized spacial score (nSPS) is 12.8. The number of nitrogens with one attached hydrogen (secondary N) is 1. The van der Waals surface area contributed by atoms with Gasteiger partial charge in [-0.3, -0.25) is 14.6 Å². The van der Waals surface area contributed by atoms with Gasteiger partial charge in [0.15, 0.2) is 0 Å². The second-order valence-electron chi connectivity index (χ2n) is 8.32. The smallest absolute Gasteiger partial charge is 0.328 e. The van der Waals surface area contributed by atoms with Crippen LogP contribution in [0.5, 0.6) is 0 Å². The number of aromatic nitrogens is 5. The summed E-state index contributed by atoms with van der Waals surface area (Å²) in [4.78, 5) is 40.0. The summed E-state index contributed by atoms with van der Waals surface area (Å²) in [5.74, 6) is 0.854.